The van der Waals surface area contributed by atoms with Crippen LogP contribution >= 0.6 is 0 Å². The van der Waals surface area contributed by atoms with Crippen LogP contribution in [0.3, 0.4) is 0 Å². The third kappa shape index (κ3) is 4.65. The molecule has 2 fully saturated rings. The Morgan fingerprint density at radius 1 is 1.25 bits per heavy atom. The van der Waals surface area contributed by atoms with Crippen molar-refractivity contribution in [2.24, 2.45) is 0 Å². The predicted octanol–water partition coefficient (Wildman–Crippen LogP) is -0.849. The lowest BCUT2D eigenvalue weighted by atomic mass is 10.1. The van der Waals surface area contributed by atoms with E-state index in [4.69, 9.17) is 9.47 Å². The van der Waals surface area contributed by atoms with E-state index in [-0.39, 0.29) is 12.7 Å². The smallest absolute Gasteiger partial charge is 0.109 e. The van der Waals surface area contributed by atoms with Crippen molar-refractivity contribution >= 4 is 0 Å². The Morgan fingerprint density at radius 3 is 2.80 bits per heavy atom. The Bertz CT molecular complexity index is 272. The van der Waals surface area contributed by atoms with Crippen LogP contribution in [0.5, 0.6) is 0 Å². The van der Waals surface area contributed by atoms with E-state index in [1.807, 2.05) is 0 Å². The van der Waals surface area contributed by atoms with Crippen LogP contribution in [-0.4, -0.2) is 97.4 Å². The maximum atomic E-state index is 9.83. The van der Waals surface area contributed by atoms with Gasteiger partial charge in [-0.25, -0.2) is 0 Å². The Balaban J connectivity index is 1.71. The number of likely N-dealkylation sites (N-methyl/N-ethyl adjacent to an activating group) is 1. The van der Waals surface area contributed by atoms with Crippen molar-refractivity contribution in [2.45, 2.75) is 31.7 Å². The average molecular weight is 288 g/mol. The summed E-state index contributed by atoms with van der Waals surface area (Å²) in [5.74, 6) is 0. The summed E-state index contributed by atoms with van der Waals surface area (Å²) in [5.41, 5.74) is 0. The Labute approximate surface area is 121 Å². The van der Waals surface area contributed by atoms with Crippen LogP contribution in [0.4, 0.5) is 0 Å². The number of aliphatic hydroxyl groups is 2. The summed E-state index contributed by atoms with van der Waals surface area (Å²) in [4.78, 5) is 4.70. The van der Waals surface area contributed by atoms with Crippen LogP contribution in [0.1, 0.15) is 13.3 Å². The van der Waals surface area contributed by atoms with Gasteiger partial charge in [-0.3, -0.25) is 9.80 Å². The van der Waals surface area contributed by atoms with Gasteiger partial charge in [-0.1, -0.05) is 6.92 Å². The third-order valence-corrected chi connectivity index (χ3v) is 4.19. The lowest BCUT2D eigenvalue weighted by Crippen LogP contribution is -2.43. The van der Waals surface area contributed by atoms with Crippen LogP contribution in [0.25, 0.3) is 0 Å². The Morgan fingerprint density at radius 2 is 2.10 bits per heavy atom. The molecule has 0 aromatic heterocycles. The molecular weight excluding hydrogens is 260 g/mol. The molecule has 6 nitrogen and oxygen atoms in total. The minimum absolute atomic E-state index is 0.243. The number of hydrogen-bond acceptors (Lipinski definition) is 6. The molecule has 0 bridgehead atoms. The monoisotopic (exact) mass is 288 g/mol. The number of rotatable bonds is 6. The largest absolute Gasteiger partial charge is 0.388 e. The van der Waals surface area contributed by atoms with Crippen LogP contribution in [-0.2, 0) is 9.47 Å². The quantitative estimate of drug-likeness (QED) is 0.664. The van der Waals surface area contributed by atoms with Gasteiger partial charge in [0.05, 0.1) is 19.3 Å². The normalized spacial score (nSPS) is 32.7. The van der Waals surface area contributed by atoms with Crippen LogP contribution in [0.15, 0.2) is 0 Å². The number of hydrogen-bond donors (Lipinski definition) is 2. The summed E-state index contributed by atoms with van der Waals surface area (Å²) in [5, 5.41) is 19.3. The molecular formula is C14H28N2O4. The van der Waals surface area contributed by atoms with Gasteiger partial charge in [0.15, 0.2) is 0 Å². The zero-order chi connectivity index (χ0) is 14.4. The molecule has 0 amide bonds. The Kier molecular flexibility index (Phi) is 6.67. The molecule has 3 atom stereocenters. The summed E-state index contributed by atoms with van der Waals surface area (Å²) in [6.45, 7) is 9.72. The fourth-order valence-electron chi connectivity index (χ4n) is 2.77. The van der Waals surface area contributed by atoms with Crippen molar-refractivity contribution in [1.82, 2.24) is 9.80 Å². The SMILES string of the molecule is CCN(CCN1CCCOCC1)CC1OCC(O)C1O. The highest BCUT2D eigenvalue weighted by molar-refractivity contribution is 4.85. The van der Waals surface area contributed by atoms with Crippen molar-refractivity contribution in [3.63, 3.8) is 0 Å². The molecule has 3 unspecified atom stereocenters. The standard InChI is InChI=1S/C14H28N2O4/c1-2-15(10-13-14(18)12(17)11-20-13)5-6-16-4-3-8-19-9-7-16/h12-14,17-18H,2-11H2,1H3. The molecule has 2 aliphatic rings. The van der Waals surface area contributed by atoms with Crippen molar-refractivity contribution in [3.8, 4) is 0 Å². The molecule has 0 aromatic carbocycles. The van der Waals surface area contributed by atoms with E-state index in [9.17, 15) is 10.2 Å². The Hall–Kier alpha value is -0.240. The van der Waals surface area contributed by atoms with Gasteiger partial charge in [0.1, 0.15) is 12.2 Å². The zero-order valence-corrected chi connectivity index (χ0v) is 12.4. The summed E-state index contributed by atoms with van der Waals surface area (Å²) in [7, 11) is 0. The second-order valence-electron chi connectivity index (χ2n) is 5.63. The molecule has 0 aromatic rings. The van der Waals surface area contributed by atoms with Gasteiger partial charge in [0.2, 0.25) is 0 Å². The van der Waals surface area contributed by atoms with E-state index in [2.05, 4.69) is 16.7 Å². The topological polar surface area (TPSA) is 65.4 Å². The molecule has 2 heterocycles. The van der Waals surface area contributed by atoms with Crippen molar-refractivity contribution in [2.75, 3.05) is 59.1 Å². The van der Waals surface area contributed by atoms with Gasteiger partial charge in [-0.15, -0.1) is 0 Å². The molecule has 118 valence electrons. The molecule has 0 aliphatic carbocycles. The lowest BCUT2D eigenvalue weighted by molar-refractivity contribution is 0.00412. The van der Waals surface area contributed by atoms with Gasteiger partial charge in [0.25, 0.3) is 0 Å². The van der Waals surface area contributed by atoms with E-state index in [1.165, 1.54) is 0 Å². The maximum absolute atomic E-state index is 9.83. The van der Waals surface area contributed by atoms with E-state index in [0.717, 1.165) is 52.4 Å². The van der Waals surface area contributed by atoms with E-state index in [0.29, 0.717) is 6.54 Å². The fourth-order valence-corrected chi connectivity index (χ4v) is 2.77. The molecule has 0 saturated carbocycles. The van der Waals surface area contributed by atoms with Gasteiger partial charge >= 0.3 is 0 Å². The minimum Gasteiger partial charge on any atom is -0.388 e. The van der Waals surface area contributed by atoms with Crippen molar-refractivity contribution < 1.29 is 19.7 Å². The van der Waals surface area contributed by atoms with E-state index >= 15 is 0 Å². The van der Waals surface area contributed by atoms with E-state index < -0.39 is 12.2 Å². The predicted molar refractivity (Wildman–Crippen MR) is 75.7 cm³/mol. The molecule has 20 heavy (non-hydrogen) atoms. The number of ether oxygens (including phenoxy) is 2. The van der Waals surface area contributed by atoms with Crippen LogP contribution in [0, 0.1) is 0 Å². The average Bonchev–Trinajstić information content (AvgIpc) is 2.69. The van der Waals surface area contributed by atoms with Crippen molar-refractivity contribution in [3.05, 3.63) is 0 Å². The molecule has 2 rings (SSSR count). The molecule has 2 saturated heterocycles. The molecule has 0 radical (unpaired) electrons. The van der Waals surface area contributed by atoms with Crippen molar-refractivity contribution in [1.29, 1.82) is 0 Å². The van der Waals surface area contributed by atoms with Gasteiger partial charge < -0.3 is 19.7 Å². The molecule has 6 heteroatoms. The highest BCUT2D eigenvalue weighted by atomic mass is 16.5. The minimum atomic E-state index is -0.754. The third-order valence-electron chi connectivity index (χ3n) is 4.19. The summed E-state index contributed by atoms with van der Waals surface area (Å²) >= 11 is 0. The highest BCUT2D eigenvalue weighted by Gasteiger charge is 2.35. The lowest BCUT2D eigenvalue weighted by Gasteiger charge is -2.28. The molecule has 0 spiro atoms. The summed E-state index contributed by atoms with van der Waals surface area (Å²) < 4.78 is 10.9. The second-order valence-corrected chi connectivity index (χ2v) is 5.63. The number of aliphatic hydroxyl groups excluding tert-OH is 2. The fraction of sp³-hybridized carbons (Fsp3) is 1.00. The first-order chi connectivity index (χ1) is 9.70. The van der Waals surface area contributed by atoms with Crippen LogP contribution in [0.2, 0.25) is 0 Å². The second kappa shape index (κ2) is 8.26. The van der Waals surface area contributed by atoms with Gasteiger partial charge in [-0.2, -0.15) is 0 Å². The number of nitrogens with zero attached hydrogens (tertiary/aromatic N) is 2. The van der Waals surface area contributed by atoms with Gasteiger partial charge in [-0.05, 0) is 13.0 Å². The highest BCUT2D eigenvalue weighted by Crippen LogP contribution is 2.15. The zero-order valence-electron chi connectivity index (χ0n) is 12.4. The maximum Gasteiger partial charge on any atom is 0.109 e. The first kappa shape index (κ1) is 16.1. The van der Waals surface area contributed by atoms with Gasteiger partial charge in [0, 0.05) is 39.3 Å². The molecule has 2 aliphatic heterocycles. The van der Waals surface area contributed by atoms with Crippen LogP contribution < -0.4 is 0 Å². The first-order valence-corrected chi connectivity index (χ1v) is 7.71. The van der Waals surface area contributed by atoms with E-state index in [1.54, 1.807) is 0 Å². The summed E-state index contributed by atoms with van der Waals surface area (Å²) in [6.07, 6.45) is -0.655. The molecule has 2 N–H and O–H groups in total. The first-order valence-electron chi connectivity index (χ1n) is 7.71. The summed E-state index contributed by atoms with van der Waals surface area (Å²) in [6, 6.07) is 0.